The average molecular weight is 238 g/mol. The second-order valence-corrected chi connectivity index (χ2v) is 4.00. The molecule has 0 aromatic heterocycles. The molecule has 0 N–H and O–H groups in total. The molecule has 0 radical (unpaired) electrons. The van der Waals surface area contributed by atoms with E-state index in [1.165, 1.54) is 6.07 Å². The van der Waals surface area contributed by atoms with Crippen molar-refractivity contribution >= 4 is 17.6 Å². The van der Waals surface area contributed by atoms with Crippen molar-refractivity contribution in [3.05, 3.63) is 65.5 Å². The molecular formula is C15H11FN2. The van der Waals surface area contributed by atoms with Crippen molar-refractivity contribution in [2.24, 2.45) is 9.98 Å². The van der Waals surface area contributed by atoms with Crippen LogP contribution in [0.4, 0.5) is 10.1 Å². The first-order valence-electron chi connectivity index (χ1n) is 5.77. The number of fused-ring (bicyclic) bond motifs is 1. The summed E-state index contributed by atoms with van der Waals surface area (Å²) >= 11 is 0. The van der Waals surface area contributed by atoms with Gasteiger partial charge in [0.25, 0.3) is 0 Å². The first-order valence-corrected chi connectivity index (χ1v) is 5.77. The molecule has 1 heterocycles. The second-order valence-electron chi connectivity index (χ2n) is 4.00. The zero-order valence-electron chi connectivity index (χ0n) is 9.68. The Kier molecular flexibility index (Phi) is 2.73. The first kappa shape index (κ1) is 10.8. The van der Waals surface area contributed by atoms with Gasteiger partial charge in [-0.1, -0.05) is 30.3 Å². The zero-order chi connectivity index (χ0) is 12.4. The molecule has 0 saturated heterocycles. The Bertz CT molecular complexity index is 644. The highest BCUT2D eigenvalue weighted by Gasteiger charge is 2.15. The number of halogens is 1. The van der Waals surface area contributed by atoms with Crippen LogP contribution in [-0.2, 0) is 0 Å². The monoisotopic (exact) mass is 238 g/mol. The molecular weight excluding hydrogens is 227 g/mol. The minimum absolute atomic E-state index is 0.257. The van der Waals surface area contributed by atoms with Crippen LogP contribution in [0, 0.1) is 5.82 Å². The summed E-state index contributed by atoms with van der Waals surface area (Å²) in [7, 11) is 0. The van der Waals surface area contributed by atoms with Crippen LogP contribution in [0.25, 0.3) is 0 Å². The van der Waals surface area contributed by atoms with Gasteiger partial charge < -0.3 is 0 Å². The van der Waals surface area contributed by atoms with E-state index in [1.807, 2.05) is 30.3 Å². The van der Waals surface area contributed by atoms with Gasteiger partial charge in [-0.05, 0) is 18.2 Å². The van der Waals surface area contributed by atoms with E-state index < -0.39 is 0 Å². The van der Waals surface area contributed by atoms with Crippen molar-refractivity contribution in [3.63, 3.8) is 0 Å². The van der Waals surface area contributed by atoms with Crippen LogP contribution < -0.4 is 0 Å². The van der Waals surface area contributed by atoms with Crippen molar-refractivity contribution in [3.8, 4) is 0 Å². The summed E-state index contributed by atoms with van der Waals surface area (Å²) in [5.41, 5.74) is 2.89. The van der Waals surface area contributed by atoms with Crippen LogP contribution in [0.2, 0.25) is 0 Å². The van der Waals surface area contributed by atoms with Crippen LogP contribution in [-0.4, -0.2) is 18.5 Å². The lowest BCUT2D eigenvalue weighted by Crippen LogP contribution is -2.06. The van der Waals surface area contributed by atoms with Gasteiger partial charge in [0.05, 0.1) is 17.9 Å². The molecule has 2 nitrogen and oxygen atoms in total. The maximum Gasteiger partial charge on any atom is 0.132 e. The quantitative estimate of drug-likeness (QED) is 0.727. The van der Waals surface area contributed by atoms with Crippen molar-refractivity contribution in [2.45, 2.75) is 0 Å². The highest BCUT2D eigenvalue weighted by atomic mass is 19.1. The molecule has 0 saturated carbocycles. The van der Waals surface area contributed by atoms with Crippen molar-refractivity contribution in [1.82, 2.24) is 0 Å². The minimum atomic E-state index is -0.257. The molecule has 1 aliphatic rings. The molecule has 0 atom stereocenters. The molecule has 0 fully saturated rings. The fourth-order valence-corrected chi connectivity index (χ4v) is 2.03. The van der Waals surface area contributed by atoms with Crippen LogP contribution in [0.1, 0.15) is 11.1 Å². The third-order valence-electron chi connectivity index (χ3n) is 2.85. The Labute approximate surface area is 105 Å². The molecule has 0 unspecified atom stereocenters. The Morgan fingerprint density at radius 1 is 0.889 bits per heavy atom. The van der Waals surface area contributed by atoms with Gasteiger partial charge in [0.15, 0.2) is 0 Å². The second kappa shape index (κ2) is 4.53. The molecule has 88 valence electrons. The van der Waals surface area contributed by atoms with Gasteiger partial charge in [0, 0.05) is 17.3 Å². The topological polar surface area (TPSA) is 24.7 Å². The minimum Gasteiger partial charge on any atom is -0.278 e. The largest absolute Gasteiger partial charge is 0.278 e. The van der Waals surface area contributed by atoms with Gasteiger partial charge in [-0.15, -0.1) is 0 Å². The Balaban J connectivity index is 2.21. The fraction of sp³-hybridized carbons (Fsp3) is 0.0667. The SMILES string of the molecule is Fc1ccccc1C1=NCC=Nc2ccccc21. The Hall–Kier alpha value is -2.29. The van der Waals surface area contributed by atoms with E-state index in [1.54, 1.807) is 18.3 Å². The highest BCUT2D eigenvalue weighted by Crippen LogP contribution is 2.24. The Morgan fingerprint density at radius 3 is 2.44 bits per heavy atom. The van der Waals surface area contributed by atoms with E-state index in [9.17, 15) is 4.39 Å². The third-order valence-corrected chi connectivity index (χ3v) is 2.85. The van der Waals surface area contributed by atoms with E-state index in [4.69, 9.17) is 0 Å². The van der Waals surface area contributed by atoms with E-state index in [0.29, 0.717) is 17.8 Å². The summed E-state index contributed by atoms with van der Waals surface area (Å²) in [6.07, 6.45) is 1.74. The summed E-state index contributed by atoms with van der Waals surface area (Å²) in [5.74, 6) is -0.257. The number of hydrogen-bond acceptors (Lipinski definition) is 2. The molecule has 1 aliphatic heterocycles. The van der Waals surface area contributed by atoms with E-state index in [-0.39, 0.29) is 5.82 Å². The van der Waals surface area contributed by atoms with E-state index in [2.05, 4.69) is 9.98 Å². The summed E-state index contributed by atoms with van der Waals surface area (Å²) in [5, 5.41) is 0. The summed E-state index contributed by atoms with van der Waals surface area (Å²) < 4.78 is 13.9. The number of para-hydroxylation sites is 1. The number of benzene rings is 2. The molecule has 0 spiro atoms. The van der Waals surface area contributed by atoms with Crippen LogP contribution in [0.5, 0.6) is 0 Å². The van der Waals surface area contributed by atoms with Crippen molar-refractivity contribution < 1.29 is 4.39 Å². The summed E-state index contributed by atoms with van der Waals surface area (Å²) in [4.78, 5) is 8.75. The first-order chi connectivity index (χ1) is 8.86. The van der Waals surface area contributed by atoms with E-state index in [0.717, 1.165) is 11.3 Å². The predicted molar refractivity (Wildman–Crippen MR) is 71.5 cm³/mol. The predicted octanol–water partition coefficient (Wildman–Crippen LogP) is 3.38. The van der Waals surface area contributed by atoms with Crippen molar-refractivity contribution in [1.29, 1.82) is 0 Å². The molecule has 0 amide bonds. The van der Waals surface area contributed by atoms with E-state index >= 15 is 0 Å². The smallest absolute Gasteiger partial charge is 0.132 e. The van der Waals surface area contributed by atoms with Gasteiger partial charge in [0.2, 0.25) is 0 Å². The maximum atomic E-state index is 13.9. The lowest BCUT2D eigenvalue weighted by molar-refractivity contribution is 0.625. The van der Waals surface area contributed by atoms with Gasteiger partial charge in [0.1, 0.15) is 5.82 Å². The third kappa shape index (κ3) is 1.84. The summed E-state index contributed by atoms with van der Waals surface area (Å²) in [6, 6.07) is 14.4. The summed E-state index contributed by atoms with van der Waals surface area (Å²) in [6.45, 7) is 0.471. The van der Waals surface area contributed by atoms with Crippen molar-refractivity contribution in [2.75, 3.05) is 6.54 Å². The molecule has 2 aromatic carbocycles. The molecule has 2 aromatic rings. The molecule has 3 heteroatoms. The lowest BCUT2D eigenvalue weighted by Gasteiger charge is -2.08. The van der Waals surface area contributed by atoms with Gasteiger partial charge >= 0.3 is 0 Å². The molecule has 0 bridgehead atoms. The lowest BCUT2D eigenvalue weighted by atomic mass is 10.0. The number of hydrogen-bond donors (Lipinski definition) is 0. The average Bonchev–Trinajstić information content (AvgIpc) is 2.62. The zero-order valence-corrected chi connectivity index (χ0v) is 9.68. The van der Waals surface area contributed by atoms with Gasteiger partial charge in [-0.3, -0.25) is 9.98 Å². The van der Waals surface area contributed by atoms with Crippen LogP contribution in [0.15, 0.2) is 58.5 Å². The molecule has 0 aliphatic carbocycles. The van der Waals surface area contributed by atoms with Gasteiger partial charge in [-0.2, -0.15) is 0 Å². The Morgan fingerprint density at radius 2 is 1.61 bits per heavy atom. The number of nitrogens with zero attached hydrogens (tertiary/aromatic N) is 2. The fourth-order valence-electron chi connectivity index (χ4n) is 2.03. The molecule has 3 rings (SSSR count). The molecule has 18 heavy (non-hydrogen) atoms. The van der Waals surface area contributed by atoms with Crippen LogP contribution in [0.3, 0.4) is 0 Å². The van der Waals surface area contributed by atoms with Gasteiger partial charge in [-0.25, -0.2) is 4.39 Å². The highest BCUT2D eigenvalue weighted by molar-refractivity contribution is 6.16. The number of rotatable bonds is 1. The number of aliphatic imine (C=N–C) groups is 2. The maximum absolute atomic E-state index is 13.9. The standard InChI is InChI=1S/C15H11FN2/c16-13-7-3-1-5-11(13)15-12-6-2-4-8-14(12)17-9-10-18-15/h1-9H,10H2. The van der Waals surface area contributed by atoms with Crippen LogP contribution >= 0.6 is 0 Å². The normalized spacial score (nSPS) is 13.7.